The Balaban J connectivity index is 2.06. The molecule has 4 rings (SSSR count). The highest BCUT2D eigenvalue weighted by atomic mass is 15.0. The van der Waals surface area contributed by atoms with E-state index in [4.69, 9.17) is 0 Å². The third kappa shape index (κ3) is 1.85. The second kappa shape index (κ2) is 4.78. The third-order valence-corrected chi connectivity index (χ3v) is 4.20. The fraction of sp³-hybridized carbons (Fsp3) is 0.100. The van der Waals surface area contributed by atoms with Crippen molar-refractivity contribution < 1.29 is 0 Å². The van der Waals surface area contributed by atoms with E-state index in [1.54, 1.807) is 0 Å². The number of para-hydroxylation sites is 1. The van der Waals surface area contributed by atoms with Crippen molar-refractivity contribution in [3.05, 3.63) is 72.8 Å². The highest BCUT2D eigenvalue weighted by molar-refractivity contribution is 6.09. The van der Waals surface area contributed by atoms with Crippen LogP contribution in [0.25, 0.3) is 32.9 Å². The van der Waals surface area contributed by atoms with Crippen LogP contribution in [0.3, 0.4) is 0 Å². The molecular formula is C20H17N. The van der Waals surface area contributed by atoms with Crippen molar-refractivity contribution in [2.45, 2.75) is 13.5 Å². The fourth-order valence-electron chi connectivity index (χ4n) is 3.20. The van der Waals surface area contributed by atoms with Crippen LogP contribution in [0.1, 0.15) is 6.92 Å². The molecule has 21 heavy (non-hydrogen) atoms. The van der Waals surface area contributed by atoms with Crippen LogP contribution in [0.15, 0.2) is 72.8 Å². The molecule has 0 fully saturated rings. The molecule has 0 unspecified atom stereocenters. The van der Waals surface area contributed by atoms with Crippen molar-refractivity contribution in [2.24, 2.45) is 0 Å². The lowest BCUT2D eigenvalue weighted by molar-refractivity contribution is 0.827. The smallest absolute Gasteiger partial charge is 0.0491 e. The molecule has 0 aliphatic heterocycles. The highest BCUT2D eigenvalue weighted by Gasteiger charge is 2.09. The minimum atomic E-state index is 0.995. The average Bonchev–Trinajstić information content (AvgIpc) is 2.88. The Morgan fingerprint density at radius 1 is 0.667 bits per heavy atom. The van der Waals surface area contributed by atoms with Crippen LogP contribution in [0.5, 0.6) is 0 Å². The van der Waals surface area contributed by atoms with Gasteiger partial charge in [0.2, 0.25) is 0 Å². The first-order valence-corrected chi connectivity index (χ1v) is 7.45. The lowest BCUT2D eigenvalue weighted by atomic mass is 10.0. The van der Waals surface area contributed by atoms with E-state index < -0.39 is 0 Å². The van der Waals surface area contributed by atoms with Crippen molar-refractivity contribution >= 4 is 21.8 Å². The SMILES string of the molecule is CCn1c2ccccc2c2cc(-c3ccccc3)ccc21. The molecule has 0 saturated carbocycles. The summed E-state index contributed by atoms with van der Waals surface area (Å²) in [5, 5.41) is 2.68. The molecule has 0 spiro atoms. The van der Waals surface area contributed by atoms with E-state index in [2.05, 4.69) is 84.3 Å². The first-order chi connectivity index (χ1) is 10.4. The standard InChI is InChI=1S/C20H17N/c1-2-21-19-11-7-6-10-17(19)18-14-16(12-13-20(18)21)15-8-4-3-5-9-15/h3-14H,2H2,1H3. The minimum Gasteiger partial charge on any atom is -0.341 e. The van der Waals surface area contributed by atoms with Gasteiger partial charge in [-0.2, -0.15) is 0 Å². The maximum atomic E-state index is 2.39. The van der Waals surface area contributed by atoms with Crippen LogP contribution in [0.4, 0.5) is 0 Å². The molecule has 3 aromatic carbocycles. The van der Waals surface area contributed by atoms with Gasteiger partial charge in [-0.05, 0) is 36.2 Å². The van der Waals surface area contributed by atoms with E-state index in [0.29, 0.717) is 0 Å². The number of aromatic nitrogens is 1. The quantitative estimate of drug-likeness (QED) is 0.455. The zero-order chi connectivity index (χ0) is 14.2. The molecule has 0 radical (unpaired) electrons. The molecule has 1 heteroatoms. The first kappa shape index (κ1) is 12.2. The van der Waals surface area contributed by atoms with Gasteiger partial charge in [-0.1, -0.05) is 54.6 Å². The van der Waals surface area contributed by atoms with Crippen LogP contribution >= 0.6 is 0 Å². The summed E-state index contributed by atoms with van der Waals surface area (Å²) >= 11 is 0. The Kier molecular flexibility index (Phi) is 2.78. The summed E-state index contributed by atoms with van der Waals surface area (Å²) in [4.78, 5) is 0. The van der Waals surface area contributed by atoms with Crippen LogP contribution in [0, 0.1) is 0 Å². The van der Waals surface area contributed by atoms with Gasteiger partial charge in [0.1, 0.15) is 0 Å². The molecule has 102 valence electrons. The minimum absolute atomic E-state index is 0.995. The van der Waals surface area contributed by atoms with E-state index >= 15 is 0 Å². The number of hydrogen-bond donors (Lipinski definition) is 0. The summed E-state index contributed by atoms with van der Waals surface area (Å²) < 4.78 is 2.39. The van der Waals surface area contributed by atoms with Crippen molar-refractivity contribution in [2.75, 3.05) is 0 Å². The van der Waals surface area contributed by atoms with Crippen molar-refractivity contribution in [3.8, 4) is 11.1 Å². The van der Waals surface area contributed by atoms with Gasteiger partial charge in [0, 0.05) is 28.4 Å². The normalized spacial score (nSPS) is 11.3. The van der Waals surface area contributed by atoms with E-state index in [0.717, 1.165) is 6.54 Å². The summed E-state index contributed by atoms with van der Waals surface area (Å²) in [5.74, 6) is 0. The summed E-state index contributed by atoms with van der Waals surface area (Å²) in [6.45, 7) is 3.20. The lowest BCUT2D eigenvalue weighted by Gasteiger charge is -2.04. The van der Waals surface area contributed by atoms with Gasteiger partial charge in [0.25, 0.3) is 0 Å². The summed E-state index contributed by atoms with van der Waals surface area (Å²) in [6, 6.07) is 26.0. The first-order valence-electron chi connectivity index (χ1n) is 7.45. The van der Waals surface area contributed by atoms with Crippen LogP contribution in [-0.2, 0) is 6.54 Å². The number of aryl methyl sites for hydroxylation is 1. The topological polar surface area (TPSA) is 4.93 Å². The molecule has 0 amide bonds. The number of fused-ring (bicyclic) bond motifs is 3. The van der Waals surface area contributed by atoms with Crippen LogP contribution in [0.2, 0.25) is 0 Å². The number of hydrogen-bond acceptors (Lipinski definition) is 0. The molecule has 0 saturated heterocycles. The maximum Gasteiger partial charge on any atom is 0.0491 e. The highest BCUT2D eigenvalue weighted by Crippen LogP contribution is 2.32. The van der Waals surface area contributed by atoms with Gasteiger partial charge in [-0.15, -0.1) is 0 Å². The Labute approximate surface area is 124 Å². The monoisotopic (exact) mass is 271 g/mol. The molecule has 0 N–H and O–H groups in total. The third-order valence-electron chi connectivity index (χ3n) is 4.20. The maximum absolute atomic E-state index is 2.39. The van der Waals surface area contributed by atoms with Gasteiger partial charge in [-0.3, -0.25) is 0 Å². The van der Waals surface area contributed by atoms with E-state index in [1.807, 2.05) is 0 Å². The Bertz CT molecular complexity index is 917. The van der Waals surface area contributed by atoms with Gasteiger partial charge >= 0.3 is 0 Å². The Hall–Kier alpha value is -2.54. The summed E-state index contributed by atoms with van der Waals surface area (Å²) in [6.07, 6.45) is 0. The second-order valence-electron chi connectivity index (χ2n) is 5.36. The number of nitrogens with zero attached hydrogens (tertiary/aromatic N) is 1. The van der Waals surface area contributed by atoms with Crippen molar-refractivity contribution in [3.63, 3.8) is 0 Å². The Morgan fingerprint density at radius 2 is 1.38 bits per heavy atom. The fourth-order valence-corrected chi connectivity index (χ4v) is 3.20. The lowest BCUT2D eigenvalue weighted by Crippen LogP contribution is -1.92. The molecule has 4 aromatic rings. The predicted octanol–water partition coefficient (Wildman–Crippen LogP) is 5.48. The van der Waals surface area contributed by atoms with Gasteiger partial charge in [0.15, 0.2) is 0 Å². The molecular weight excluding hydrogens is 254 g/mol. The molecule has 1 aromatic heterocycles. The van der Waals surface area contributed by atoms with E-state index in [1.165, 1.54) is 32.9 Å². The van der Waals surface area contributed by atoms with Crippen LogP contribution in [-0.4, -0.2) is 4.57 Å². The number of benzene rings is 3. The summed E-state index contributed by atoms with van der Waals surface area (Å²) in [5.41, 5.74) is 5.19. The van der Waals surface area contributed by atoms with Crippen LogP contribution < -0.4 is 0 Å². The molecule has 0 aliphatic rings. The molecule has 1 nitrogen and oxygen atoms in total. The molecule has 1 heterocycles. The van der Waals surface area contributed by atoms with E-state index in [-0.39, 0.29) is 0 Å². The largest absolute Gasteiger partial charge is 0.341 e. The van der Waals surface area contributed by atoms with Gasteiger partial charge < -0.3 is 4.57 Å². The Morgan fingerprint density at radius 3 is 2.19 bits per heavy atom. The molecule has 0 atom stereocenters. The zero-order valence-electron chi connectivity index (χ0n) is 12.1. The van der Waals surface area contributed by atoms with Crippen molar-refractivity contribution in [1.29, 1.82) is 0 Å². The van der Waals surface area contributed by atoms with Crippen molar-refractivity contribution in [1.82, 2.24) is 4.57 Å². The predicted molar refractivity (Wildman–Crippen MR) is 90.6 cm³/mol. The molecule has 0 aliphatic carbocycles. The second-order valence-corrected chi connectivity index (χ2v) is 5.36. The average molecular weight is 271 g/mol. The summed E-state index contributed by atoms with van der Waals surface area (Å²) in [7, 11) is 0. The zero-order valence-corrected chi connectivity index (χ0v) is 12.1. The van der Waals surface area contributed by atoms with Gasteiger partial charge in [0.05, 0.1) is 0 Å². The van der Waals surface area contributed by atoms with E-state index in [9.17, 15) is 0 Å². The molecule has 0 bridgehead atoms. The van der Waals surface area contributed by atoms with Gasteiger partial charge in [-0.25, -0.2) is 0 Å². The number of rotatable bonds is 2.